The van der Waals surface area contributed by atoms with E-state index in [0.29, 0.717) is 0 Å². The molecule has 1 aliphatic carbocycles. The van der Waals surface area contributed by atoms with E-state index in [2.05, 4.69) is 29.3 Å². The van der Waals surface area contributed by atoms with E-state index in [1.807, 2.05) is 6.07 Å². The minimum Gasteiger partial charge on any atom is -0.396 e. The number of nitrogens with zero attached hydrogens (tertiary/aromatic N) is 2. The van der Waals surface area contributed by atoms with E-state index in [0.717, 1.165) is 17.9 Å². The Morgan fingerprint density at radius 2 is 2.12 bits per heavy atom. The van der Waals surface area contributed by atoms with Gasteiger partial charge >= 0.3 is 0 Å². The predicted octanol–water partition coefficient (Wildman–Crippen LogP) is 1.95. The molecule has 94 valence electrons. The molecule has 0 spiro atoms. The van der Waals surface area contributed by atoms with Gasteiger partial charge in [-0.3, -0.25) is 4.98 Å². The summed E-state index contributed by atoms with van der Waals surface area (Å²) in [5.74, 6) is 0. The zero-order valence-electron chi connectivity index (χ0n) is 10.7. The van der Waals surface area contributed by atoms with Crippen molar-refractivity contribution >= 4 is 11.4 Å². The summed E-state index contributed by atoms with van der Waals surface area (Å²) in [6.07, 6.45) is 8.64. The van der Waals surface area contributed by atoms with Crippen LogP contribution in [-0.4, -0.2) is 36.1 Å². The molecule has 0 aliphatic heterocycles. The van der Waals surface area contributed by atoms with Crippen LogP contribution in [0.4, 0.5) is 11.4 Å². The van der Waals surface area contributed by atoms with Crippen molar-refractivity contribution < 1.29 is 0 Å². The molecule has 0 atom stereocenters. The molecule has 1 saturated carbocycles. The summed E-state index contributed by atoms with van der Waals surface area (Å²) in [6.45, 7) is 0.953. The first kappa shape index (κ1) is 12.2. The number of anilines is 2. The quantitative estimate of drug-likeness (QED) is 0.836. The van der Waals surface area contributed by atoms with Gasteiger partial charge in [0.15, 0.2) is 0 Å². The largest absolute Gasteiger partial charge is 0.396 e. The van der Waals surface area contributed by atoms with Crippen LogP contribution in [-0.2, 0) is 0 Å². The fraction of sp³-hybridized carbons (Fsp3) is 0.615. The lowest BCUT2D eigenvalue weighted by Crippen LogP contribution is -2.47. The molecule has 0 aromatic carbocycles. The zero-order chi connectivity index (χ0) is 12.3. The number of hydrogen-bond donors (Lipinski definition) is 2. The van der Waals surface area contributed by atoms with Crippen LogP contribution in [0.3, 0.4) is 0 Å². The van der Waals surface area contributed by atoms with Crippen molar-refractivity contribution in [3.8, 4) is 0 Å². The summed E-state index contributed by atoms with van der Waals surface area (Å²) in [5, 5.41) is 3.47. The number of nitrogens with two attached hydrogens (primary N) is 1. The van der Waals surface area contributed by atoms with Crippen LogP contribution >= 0.6 is 0 Å². The summed E-state index contributed by atoms with van der Waals surface area (Å²) >= 11 is 0. The Bertz CT molecular complexity index is 369. The monoisotopic (exact) mass is 234 g/mol. The van der Waals surface area contributed by atoms with Gasteiger partial charge in [-0.1, -0.05) is 12.8 Å². The molecule has 17 heavy (non-hydrogen) atoms. The lowest BCUT2D eigenvalue weighted by atomic mass is 9.96. The van der Waals surface area contributed by atoms with Crippen LogP contribution in [0, 0.1) is 0 Å². The van der Waals surface area contributed by atoms with Crippen molar-refractivity contribution in [3.05, 3.63) is 18.5 Å². The minimum atomic E-state index is 0.287. The summed E-state index contributed by atoms with van der Waals surface area (Å²) in [4.78, 5) is 6.35. The lowest BCUT2D eigenvalue weighted by Gasteiger charge is -2.37. The molecule has 1 aromatic rings. The highest BCUT2D eigenvalue weighted by Gasteiger charge is 2.35. The van der Waals surface area contributed by atoms with Gasteiger partial charge in [-0.15, -0.1) is 0 Å². The summed E-state index contributed by atoms with van der Waals surface area (Å²) in [6, 6.07) is 1.94. The third kappa shape index (κ3) is 2.52. The topological polar surface area (TPSA) is 54.2 Å². The van der Waals surface area contributed by atoms with Gasteiger partial charge in [-0.25, -0.2) is 0 Å². The zero-order valence-corrected chi connectivity index (χ0v) is 10.7. The van der Waals surface area contributed by atoms with Crippen molar-refractivity contribution in [2.24, 2.45) is 0 Å². The molecular weight excluding hydrogens is 212 g/mol. The van der Waals surface area contributed by atoms with Gasteiger partial charge in [-0.2, -0.15) is 0 Å². The SMILES string of the molecule is CN(C)C1(CNc2ccncc2N)CCCC1. The van der Waals surface area contributed by atoms with E-state index in [-0.39, 0.29) is 5.54 Å². The summed E-state index contributed by atoms with van der Waals surface area (Å²) < 4.78 is 0. The highest BCUT2D eigenvalue weighted by Crippen LogP contribution is 2.34. The van der Waals surface area contributed by atoms with Crippen LogP contribution in [0.15, 0.2) is 18.5 Å². The molecule has 1 aromatic heterocycles. The van der Waals surface area contributed by atoms with E-state index in [1.54, 1.807) is 12.4 Å². The minimum absolute atomic E-state index is 0.287. The number of hydrogen-bond acceptors (Lipinski definition) is 4. The van der Waals surface area contributed by atoms with Crippen LogP contribution in [0.1, 0.15) is 25.7 Å². The molecule has 2 rings (SSSR count). The molecule has 3 N–H and O–H groups in total. The maximum atomic E-state index is 5.89. The number of pyridine rings is 1. The Kier molecular flexibility index (Phi) is 3.52. The number of likely N-dealkylation sites (N-methyl/N-ethyl adjacent to an activating group) is 1. The molecular formula is C13H22N4. The van der Waals surface area contributed by atoms with E-state index >= 15 is 0 Å². The van der Waals surface area contributed by atoms with Gasteiger partial charge in [0, 0.05) is 18.3 Å². The average molecular weight is 234 g/mol. The van der Waals surface area contributed by atoms with Gasteiger partial charge < -0.3 is 16.0 Å². The van der Waals surface area contributed by atoms with Gasteiger partial charge in [0.05, 0.1) is 17.6 Å². The molecule has 0 radical (unpaired) electrons. The summed E-state index contributed by atoms with van der Waals surface area (Å²) in [5.41, 5.74) is 7.89. The second-order valence-corrected chi connectivity index (χ2v) is 5.14. The smallest absolute Gasteiger partial charge is 0.0736 e. The Hall–Kier alpha value is -1.29. The Balaban J connectivity index is 2.03. The molecule has 4 nitrogen and oxygen atoms in total. The van der Waals surface area contributed by atoms with E-state index in [1.165, 1.54) is 25.7 Å². The number of nitrogen functional groups attached to an aromatic ring is 1. The van der Waals surface area contributed by atoms with E-state index < -0.39 is 0 Å². The first-order valence-electron chi connectivity index (χ1n) is 6.25. The molecule has 4 heteroatoms. The molecule has 1 heterocycles. The number of rotatable bonds is 4. The second-order valence-electron chi connectivity index (χ2n) is 5.14. The highest BCUT2D eigenvalue weighted by atomic mass is 15.2. The van der Waals surface area contributed by atoms with Crippen LogP contribution in [0.5, 0.6) is 0 Å². The van der Waals surface area contributed by atoms with Crippen LogP contribution < -0.4 is 11.1 Å². The van der Waals surface area contributed by atoms with E-state index in [4.69, 9.17) is 5.73 Å². The molecule has 0 saturated heterocycles. The maximum Gasteiger partial charge on any atom is 0.0736 e. The standard InChI is InChI=1S/C13H22N4/c1-17(2)13(6-3-4-7-13)10-16-12-5-8-15-9-11(12)14/h5,8-9H,3-4,6-7,10,14H2,1-2H3,(H,15,16). The third-order valence-electron chi connectivity index (χ3n) is 3.94. The fourth-order valence-corrected chi connectivity index (χ4v) is 2.64. The number of aromatic nitrogens is 1. The molecule has 1 aliphatic rings. The van der Waals surface area contributed by atoms with Gasteiger partial charge in [0.25, 0.3) is 0 Å². The van der Waals surface area contributed by atoms with Gasteiger partial charge in [-0.05, 0) is 33.0 Å². The Labute approximate surface area is 103 Å². The average Bonchev–Trinajstić information content (AvgIpc) is 2.78. The van der Waals surface area contributed by atoms with Gasteiger partial charge in [0.1, 0.15) is 0 Å². The first-order valence-corrected chi connectivity index (χ1v) is 6.25. The molecule has 1 fully saturated rings. The Morgan fingerprint density at radius 1 is 1.41 bits per heavy atom. The van der Waals surface area contributed by atoms with Crippen molar-refractivity contribution in [1.29, 1.82) is 0 Å². The number of nitrogens with one attached hydrogen (secondary N) is 1. The summed E-state index contributed by atoms with van der Waals surface area (Å²) in [7, 11) is 4.34. The second kappa shape index (κ2) is 4.92. The van der Waals surface area contributed by atoms with Crippen molar-refractivity contribution in [1.82, 2.24) is 9.88 Å². The highest BCUT2D eigenvalue weighted by molar-refractivity contribution is 5.64. The van der Waals surface area contributed by atoms with Crippen LogP contribution in [0.2, 0.25) is 0 Å². The van der Waals surface area contributed by atoms with Crippen molar-refractivity contribution in [2.45, 2.75) is 31.2 Å². The first-order chi connectivity index (χ1) is 8.14. The molecule has 0 bridgehead atoms. The third-order valence-corrected chi connectivity index (χ3v) is 3.94. The maximum absolute atomic E-state index is 5.89. The molecule has 0 amide bonds. The fourth-order valence-electron chi connectivity index (χ4n) is 2.64. The predicted molar refractivity (Wildman–Crippen MR) is 72.0 cm³/mol. The van der Waals surface area contributed by atoms with Crippen molar-refractivity contribution in [3.63, 3.8) is 0 Å². The normalized spacial score (nSPS) is 18.5. The Morgan fingerprint density at radius 3 is 2.71 bits per heavy atom. The van der Waals surface area contributed by atoms with Crippen LogP contribution in [0.25, 0.3) is 0 Å². The van der Waals surface area contributed by atoms with Gasteiger partial charge in [0.2, 0.25) is 0 Å². The van der Waals surface area contributed by atoms with Crippen molar-refractivity contribution in [2.75, 3.05) is 31.7 Å². The molecule has 0 unspecified atom stereocenters. The lowest BCUT2D eigenvalue weighted by molar-refractivity contribution is 0.172. The van der Waals surface area contributed by atoms with E-state index in [9.17, 15) is 0 Å².